The predicted molar refractivity (Wildman–Crippen MR) is 120 cm³/mol. The van der Waals surface area contributed by atoms with Crippen molar-refractivity contribution in [1.29, 1.82) is 0 Å². The zero-order chi connectivity index (χ0) is 19.8. The summed E-state index contributed by atoms with van der Waals surface area (Å²) in [6, 6.07) is 28.2. The number of benzene rings is 4. The van der Waals surface area contributed by atoms with Gasteiger partial charge in [-0.05, 0) is 57.2 Å². The van der Waals surface area contributed by atoms with E-state index in [-0.39, 0.29) is 11.9 Å². The van der Waals surface area contributed by atoms with Crippen LogP contribution in [0.3, 0.4) is 0 Å². The normalized spacial score (nSPS) is 18.3. The largest absolute Gasteiger partial charge is 0.346 e. The predicted octanol–water partition coefficient (Wildman–Crippen LogP) is 6.26. The first-order valence-electron chi connectivity index (χ1n) is 10.2. The molecule has 2 nitrogen and oxygen atoms in total. The highest BCUT2D eigenvalue weighted by molar-refractivity contribution is 5.91. The van der Waals surface area contributed by atoms with Gasteiger partial charge in [0.25, 0.3) is 0 Å². The highest BCUT2D eigenvalue weighted by atomic mass is 16.1. The van der Waals surface area contributed by atoms with Crippen LogP contribution in [-0.2, 0) is 4.79 Å². The number of carbonyl (C=O) groups excluding carboxylic acids is 1. The quantitative estimate of drug-likeness (QED) is 0.419. The molecule has 0 fully saturated rings. The summed E-state index contributed by atoms with van der Waals surface area (Å²) in [6.07, 6.45) is 3.28. The summed E-state index contributed by atoms with van der Waals surface area (Å²) >= 11 is 0. The van der Waals surface area contributed by atoms with Gasteiger partial charge < -0.3 is 5.32 Å². The van der Waals surface area contributed by atoms with Crippen LogP contribution < -0.4 is 5.32 Å². The maximum atomic E-state index is 12.1. The minimum absolute atomic E-state index is 0.0123. The summed E-state index contributed by atoms with van der Waals surface area (Å²) in [5.41, 5.74) is 3.91. The fourth-order valence-corrected chi connectivity index (χ4v) is 4.78. The fraction of sp³-hybridized carbons (Fsp3) is 0.148. The van der Waals surface area contributed by atoms with Gasteiger partial charge in [-0.3, -0.25) is 4.79 Å². The Hall–Kier alpha value is -3.39. The smallest absolute Gasteiger partial charge is 0.243 e. The van der Waals surface area contributed by atoms with Crippen LogP contribution in [-0.4, -0.2) is 5.91 Å². The van der Waals surface area contributed by atoms with Crippen LogP contribution >= 0.6 is 0 Å². The van der Waals surface area contributed by atoms with Crippen LogP contribution in [0.1, 0.15) is 41.5 Å². The van der Waals surface area contributed by atoms with Gasteiger partial charge in [-0.1, -0.05) is 85.4 Å². The van der Waals surface area contributed by atoms with Gasteiger partial charge >= 0.3 is 0 Å². The van der Waals surface area contributed by atoms with Crippen LogP contribution in [0.5, 0.6) is 0 Å². The molecule has 142 valence electrons. The van der Waals surface area contributed by atoms with E-state index in [1.54, 1.807) is 0 Å². The summed E-state index contributed by atoms with van der Waals surface area (Å²) in [4.78, 5) is 12.1. The van der Waals surface area contributed by atoms with Crippen molar-refractivity contribution in [3.63, 3.8) is 0 Å². The van der Waals surface area contributed by atoms with Gasteiger partial charge in [-0.2, -0.15) is 0 Å². The van der Waals surface area contributed by atoms with Crippen molar-refractivity contribution in [3.05, 3.63) is 108 Å². The molecule has 0 heterocycles. The molecule has 0 bridgehead atoms. The number of fused-ring (bicyclic) bond motifs is 4. The van der Waals surface area contributed by atoms with Gasteiger partial charge in [0.05, 0.1) is 6.04 Å². The number of hydrogen-bond acceptors (Lipinski definition) is 1. The average Bonchev–Trinajstić information content (AvgIpc) is 2.78. The number of hydrogen-bond donors (Lipinski definition) is 1. The van der Waals surface area contributed by atoms with Crippen LogP contribution in [0, 0.1) is 0 Å². The molecule has 1 aliphatic carbocycles. The highest BCUT2D eigenvalue weighted by Crippen LogP contribution is 2.44. The zero-order valence-electron chi connectivity index (χ0n) is 16.3. The molecule has 0 saturated heterocycles. The molecular formula is C27H23NO. The molecule has 29 heavy (non-hydrogen) atoms. The van der Waals surface area contributed by atoms with Crippen molar-refractivity contribution in [1.82, 2.24) is 5.32 Å². The van der Waals surface area contributed by atoms with Crippen LogP contribution in [0.15, 0.2) is 91.5 Å². The second-order valence-electron chi connectivity index (χ2n) is 7.79. The van der Waals surface area contributed by atoms with Crippen LogP contribution in [0.2, 0.25) is 0 Å². The fourth-order valence-electron chi connectivity index (χ4n) is 4.78. The van der Waals surface area contributed by atoms with E-state index in [2.05, 4.69) is 90.8 Å². The number of rotatable bonds is 3. The van der Waals surface area contributed by atoms with E-state index < -0.39 is 0 Å². The lowest BCUT2D eigenvalue weighted by Gasteiger charge is -2.33. The Morgan fingerprint density at radius 3 is 2.41 bits per heavy atom. The van der Waals surface area contributed by atoms with Crippen molar-refractivity contribution in [3.8, 4) is 0 Å². The summed E-state index contributed by atoms with van der Waals surface area (Å²) < 4.78 is 0. The van der Waals surface area contributed by atoms with E-state index in [0.29, 0.717) is 5.92 Å². The molecule has 0 unspecified atom stereocenters. The van der Waals surface area contributed by atoms with E-state index in [0.717, 1.165) is 12.8 Å². The standard InChI is InChI=1S/C27H23NO/c1-2-26(29)28-25-16-15-22(21-12-11-18-7-3-4-9-20(18)17-21)24-14-13-19-8-5-6-10-23(19)27(24)25/h2-14,17,22,25H,1,15-16H2,(H,28,29)/t22-,25-/m1/s1. The Balaban J connectivity index is 1.67. The van der Waals surface area contributed by atoms with Gasteiger partial charge in [0.1, 0.15) is 0 Å². The zero-order valence-corrected chi connectivity index (χ0v) is 16.3. The highest BCUT2D eigenvalue weighted by Gasteiger charge is 2.30. The Kier molecular flexibility index (Phi) is 4.40. The van der Waals surface area contributed by atoms with Gasteiger partial charge in [0, 0.05) is 5.92 Å². The van der Waals surface area contributed by atoms with E-state index >= 15 is 0 Å². The lowest BCUT2D eigenvalue weighted by molar-refractivity contribution is -0.117. The van der Waals surface area contributed by atoms with Crippen molar-refractivity contribution in [2.45, 2.75) is 24.8 Å². The molecular weight excluding hydrogens is 354 g/mol. The van der Waals surface area contributed by atoms with Crippen LogP contribution in [0.25, 0.3) is 21.5 Å². The second kappa shape index (κ2) is 7.21. The summed E-state index contributed by atoms with van der Waals surface area (Å²) in [5.74, 6) is 0.217. The SMILES string of the molecule is C=CC(=O)N[C@@H]1CC[C@H](c2ccc3ccccc3c2)c2ccc3ccccc3c21. The lowest BCUT2D eigenvalue weighted by atomic mass is 9.74. The minimum atomic E-state index is -0.113. The van der Waals surface area contributed by atoms with Crippen molar-refractivity contribution < 1.29 is 4.79 Å². The first-order valence-corrected chi connectivity index (χ1v) is 10.2. The molecule has 2 atom stereocenters. The molecule has 0 radical (unpaired) electrons. The van der Waals surface area contributed by atoms with E-state index in [1.807, 2.05) is 0 Å². The Morgan fingerprint density at radius 1 is 0.862 bits per heavy atom. The lowest BCUT2D eigenvalue weighted by Crippen LogP contribution is -2.31. The summed E-state index contributed by atoms with van der Waals surface area (Å²) in [6.45, 7) is 3.62. The summed E-state index contributed by atoms with van der Waals surface area (Å²) in [7, 11) is 0. The van der Waals surface area contributed by atoms with Gasteiger partial charge in [-0.15, -0.1) is 0 Å². The van der Waals surface area contributed by atoms with Gasteiger partial charge in [-0.25, -0.2) is 0 Å². The molecule has 0 aromatic heterocycles. The maximum Gasteiger partial charge on any atom is 0.243 e. The van der Waals surface area contributed by atoms with Gasteiger partial charge in [0.2, 0.25) is 5.91 Å². The molecule has 0 spiro atoms. The molecule has 1 aliphatic rings. The van der Waals surface area contributed by atoms with Gasteiger partial charge in [0.15, 0.2) is 0 Å². The Bertz CT molecular complexity index is 1240. The topological polar surface area (TPSA) is 29.1 Å². The third-order valence-corrected chi connectivity index (χ3v) is 6.15. The van der Waals surface area contributed by atoms with Crippen molar-refractivity contribution >= 4 is 27.5 Å². The van der Waals surface area contributed by atoms with E-state index in [4.69, 9.17) is 0 Å². The van der Waals surface area contributed by atoms with E-state index in [9.17, 15) is 4.79 Å². The third kappa shape index (κ3) is 3.11. The molecule has 4 aromatic rings. The first kappa shape index (κ1) is 17.7. The number of amides is 1. The average molecular weight is 377 g/mol. The number of carbonyl (C=O) groups is 1. The summed E-state index contributed by atoms with van der Waals surface area (Å²) in [5, 5.41) is 8.14. The Morgan fingerprint density at radius 2 is 1.59 bits per heavy atom. The molecule has 4 aromatic carbocycles. The molecule has 1 N–H and O–H groups in total. The molecule has 2 heteroatoms. The first-order chi connectivity index (χ1) is 14.2. The van der Waals surface area contributed by atoms with Crippen LogP contribution in [0.4, 0.5) is 0 Å². The van der Waals surface area contributed by atoms with Crippen molar-refractivity contribution in [2.24, 2.45) is 0 Å². The maximum absolute atomic E-state index is 12.1. The molecule has 0 aliphatic heterocycles. The Labute approximate surface area is 170 Å². The molecule has 1 amide bonds. The minimum Gasteiger partial charge on any atom is -0.346 e. The monoisotopic (exact) mass is 377 g/mol. The number of nitrogens with one attached hydrogen (secondary N) is 1. The van der Waals surface area contributed by atoms with Crippen molar-refractivity contribution in [2.75, 3.05) is 0 Å². The van der Waals surface area contributed by atoms with E-state index in [1.165, 1.54) is 44.3 Å². The molecule has 5 rings (SSSR count). The second-order valence-corrected chi connectivity index (χ2v) is 7.79. The molecule has 0 saturated carbocycles. The third-order valence-electron chi connectivity index (χ3n) is 6.15.